The van der Waals surface area contributed by atoms with Crippen LogP contribution in [0.4, 0.5) is 5.69 Å². The molecule has 0 fully saturated rings. The number of benzene rings is 3. The molecule has 0 aliphatic rings. The van der Waals surface area contributed by atoms with E-state index in [9.17, 15) is 14.9 Å². The highest BCUT2D eigenvalue weighted by Gasteiger charge is 2.12. The molecular formula is C25H19BrN2O4. The normalized spacial score (nSPS) is 10.8. The maximum Gasteiger partial charge on any atom is 0.335 e. The number of carboxylic acids is 1. The molecule has 0 atom stereocenters. The van der Waals surface area contributed by atoms with Crippen LogP contribution in [0.3, 0.4) is 0 Å². The molecule has 3 aromatic rings. The van der Waals surface area contributed by atoms with Crippen LogP contribution in [0.1, 0.15) is 27.0 Å². The van der Waals surface area contributed by atoms with Crippen molar-refractivity contribution in [3.8, 4) is 11.8 Å². The standard InChI is InChI=1S/C25H19BrN2O4/c1-16-4-2-5-18(10-16)15-32-23-9-8-17(12-22(23)26)11-20(14-27)24(29)28-21-7-3-6-19(13-21)25(30)31/h2-13H,15H2,1H3,(H,28,29)(H,30,31)/b20-11-. The van der Waals surface area contributed by atoms with Crippen molar-refractivity contribution in [1.29, 1.82) is 5.26 Å². The number of halogens is 1. The summed E-state index contributed by atoms with van der Waals surface area (Å²) in [6, 6.07) is 21.0. The fourth-order valence-corrected chi connectivity index (χ4v) is 3.44. The topological polar surface area (TPSA) is 99.4 Å². The van der Waals surface area contributed by atoms with Gasteiger partial charge < -0.3 is 15.2 Å². The monoisotopic (exact) mass is 490 g/mol. The lowest BCUT2D eigenvalue weighted by molar-refractivity contribution is -0.112. The van der Waals surface area contributed by atoms with E-state index in [4.69, 9.17) is 9.84 Å². The van der Waals surface area contributed by atoms with Crippen LogP contribution in [0.2, 0.25) is 0 Å². The smallest absolute Gasteiger partial charge is 0.335 e. The van der Waals surface area contributed by atoms with Gasteiger partial charge in [0.15, 0.2) is 0 Å². The highest BCUT2D eigenvalue weighted by molar-refractivity contribution is 9.10. The van der Waals surface area contributed by atoms with Gasteiger partial charge in [0, 0.05) is 5.69 Å². The fourth-order valence-electron chi connectivity index (χ4n) is 2.93. The zero-order chi connectivity index (χ0) is 23.1. The summed E-state index contributed by atoms with van der Waals surface area (Å²) < 4.78 is 6.55. The van der Waals surface area contributed by atoms with E-state index in [0.717, 1.165) is 11.1 Å². The predicted octanol–water partition coefficient (Wildman–Crippen LogP) is 5.58. The Labute approximate surface area is 193 Å². The van der Waals surface area contributed by atoms with Crippen molar-refractivity contribution in [2.24, 2.45) is 0 Å². The number of anilines is 1. The van der Waals surface area contributed by atoms with Crippen LogP contribution in [-0.4, -0.2) is 17.0 Å². The van der Waals surface area contributed by atoms with Gasteiger partial charge in [-0.15, -0.1) is 0 Å². The molecule has 7 heteroatoms. The minimum atomic E-state index is -1.10. The Morgan fingerprint density at radius 1 is 1.12 bits per heavy atom. The number of nitrogens with zero attached hydrogens (tertiary/aromatic N) is 1. The summed E-state index contributed by atoms with van der Waals surface area (Å²) in [5.74, 6) is -1.10. The van der Waals surface area contributed by atoms with Crippen LogP contribution in [-0.2, 0) is 11.4 Å². The van der Waals surface area contributed by atoms with Crippen molar-refractivity contribution in [2.75, 3.05) is 5.32 Å². The van der Waals surface area contributed by atoms with Gasteiger partial charge in [-0.2, -0.15) is 5.26 Å². The number of hydrogen-bond donors (Lipinski definition) is 2. The molecule has 0 radical (unpaired) electrons. The van der Waals surface area contributed by atoms with E-state index in [2.05, 4.69) is 27.3 Å². The Hall–Kier alpha value is -3.89. The quantitative estimate of drug-likeness (QED) is 0.332. The first-order valence-corrected chi connectivity index (χ1v) is 10.4. The summed E-state index contributed by atoms with van der Waals surface area (Å²) >= 11 is 3.47. The maximum atomic E-state index is 12.5. The highest BCUT2D eigenvalue weighted by Crippen LogP contribution is 2.28. The summed E-state index contributed by atoms with van der Waals surface area (Å²) in [7, 11) is 0. The number of carbonyl (C=O) groups is 2. The van der Waals surface area contributed by atoms with Gasteiger partial charge >= 0.3 is 5.97 Å². The SMILES string of the molecule is Cc1cccc(COc2ccc(/C=C(/C#N)C(=O)Nc3cccc(C(=O)O)c3)cc2Br)c1. The molecule has 32 heavy (non-hydrogen) atoms. The van der Waals surface area contributed by atoms with E-state index in [0.29, 0.717) is 22.4 Å². The van der Waals surface area contributed by atoms with E-state index in [1.807, 2.05) is 31.2 Å². The molecule has 0 heterocycles. The fraction of sp³-hybridized carbons (Fsp3) is 0.0800. The van der Waals surface area contributed by atoms with Crippen LogP contribution in [0.5, 0.6) is 5.75 Å². The van der Waals surface area contributed by atoms with Gasteiger partial charge in [0.1, 0.15) is 24.0 Å². The number of hydrogen-bond acceptors (Lipinski definition) is 4. The molecule has 160 valence electrons. The number of amides is 1. The molecule has 1 amide bonds. The molecule has 0 unspecified atom stereocenters. The summed E-state index contributed by atoms with van der Waals surface area (Å²) in [5.41, 5.74) is 3.04. The molecular weight excluding hydrogens is 472 g/mol. The second-order valence-corrected chi connectivity index (χ2v) is 7.83. The van der Waals surface area contributed by atoms with E-state index < -0.39 is 11.9 Å². The van der Waals surface area contributed by atoms with Crippen molar-refractivity contribution in [3.05, 3.63) is 99.0 Å². The van der Waals surface area contributed by atoms with Crippen LogP contribution in [0.25, 0.3) is 6.08 Å². The average Bonchev–Trinajstić information content (AvgIpc) is 2.77. The summed E-state index contributed by atoms with van der Waals surface area (Å²) in [4.78, 5) is 23.6. The summed E-state index contributed by atoms with van der Waals surface area (Å²) in [6.07, 6.45) is 1.45. The van der Waals surface area contributed by atoms with E-state index >= 15 is 0 Å². The molecule has 0 spiro atoms. The minimum Gasteiger partial charge on any atom is -0.488 e. The average molecular weight is 491 g/mol. The number of nitrogens with one attached hydrogen (secondary N) is 1. The number of aryl methyl sites for hydroxylation is 1. The van der Waals surface area contributed by atoms with Gasteiger partial charge in [0.2, 0.25) is 0 Å². The number of aromatic carboxylic acids is 1. The van der Waals surface area contributed by atoms with Crippen molar-refractivity contribution in [1.82, 2.24) is 0 Å². The lowest BCUT2D eigenvalue weighted by Crippen LogP contribution is -2.13. The van der Waals surface area contributed by atoms with Crippen LogP contribution < -0.4 is 10.1 Å². The molecule has 0 saturated carbocycles. The third kappa shape index (κ3) is 6.06. The largest absolute Gasteiger partial charge is 0.488 e. The van der Waals surface area contributed by atoms with E-state index in [1.165, 1.54) is 24.3 Å². The Balaban J connectivity index is 1.72. The summed E-state index contributed by atoms with van der Waals surface area (Å²) in [6.45, 7) is 2.43. The van der Waals surface area contributed by atoms with Gasteiger partial charge in [-0.05, 0) is 70.4 Å². The first-order valence-electron chi connectivity index (χ1n) is 9.60. The van der Waals surface area contributed by atoms with Gasteiger partial charge in [0.25, 0.3) is 5.91 Å². The second-order valence-electron chi connectivity index (χ2n) is 6.98. The molecule has 3 rings (SSSR count). The highest BCUT2D eigenvalue weighted by atomic mass is 79.9. The second kappa shape index (κ2) is 10.4. The van der Waals surface area contributed by atoms with Crippen molar-refractivity contribution in [3.63, 3.8) is 0 Å². The molecule has 6 nitrogen and oxygen atoms in total. The Morgan fingerprint density at radius 2 is 1.91 bits per heavy atom. The minimum absolute atomic E-state index is 0.0375. The van der Waals surface area contributed by atoms with Gasteiger partial charge in [-0.25, -0.2) is 4.79 Å². The first kappa shape index (κ1) is 22.8. The van der Waals surface area contributed by atoms with Crippen LogP contribution in [0.15, 0.2) is 76.8 Å². The van der Waals surface area contributed by atoms with Crippen LogP contribution in [0, 0.1) is 18.3 Å². The predicted molar refractivity (Wildman–Crippen MR) is 125 cm³/mol. The number of rotatable bonds is 7. The van der Waals surface area contributed by atoms with Crippen LogP contribution >= 0.6 is 15.9 Å². The van der Waals surface area contributed by atoms with Gasteiger partial charge in [-0.3, -0.25) is 4.79 Å². The number of ether oxygens (including phenoxy) is 1. The summed E-state index contributed by atoms with van der Waals surface area (Å²) in [5, 5.41) is 21.0. The maximum absolute atomic E-state index is 12.5. The first-order chi connectivity index (χ1) is 15.4. The van der Waals surface area contributed by atoms with E-state index in [-0.39, 0.29) is 16.8 Å². The molecule has 0 aliphatic heterocycles. The third-order valence-electron chi connectivity index (χ3n) is 4.48. The lowest BCUT2D eigenvalue weighted by atomic mass is 10.1. The Morgan fingerprint density at radius 3 is 2.59 bits per heavy atom. The molecule has 2 N–H and O–H groups in total. The number of nitriles is 1. The Kier molecular flexibility index (Phi) is 7.42. The third-order valence-corrected chi connectivity index (χ3v) is 5.10. The molecule has 0 aliphatic carbocycles. The number of carbonyl (C=O) groups excluding carboxylic acids is 1. The molecule has 0 aromatic heterocycles. The van der Waals surface area contributed by atoms with Crippen molar-refractivity contribution >= 4 is 39.6 Å². The zero-order valence-electron chi connectivity index (χ0n) is 17.1. The number of carboxylic acid groups (broad SMARTS) is 1. The van der Waals surface area contributed by atoms with Crippen molar-refractivity contribution in [2.45, 2.75) is 13.5 Å². The lowest BCUT2D eigenvalue weighted by Gasteiger charge is -2.10. The molecule has 3 aromatic carbocycles. The van der Waals surface area contributed by atoms with Gasteiger partial charge in [-0.1, -0.05) is 42.0 Å². The molecule has 0 saturated heterocycles. The Bertz CT molecular complexity index is 1240. The molecule has 0 bridgehead atoms. The van der Waals surface area contributed by atoms with E-state index in [1.54, 1.807) is 24.3 Å². The zero-order valence-corrected chi connectivity index (χ0v) is 18.7. The van der Waals surface area contributed by atoms with Crippen molar-refractivity contribution < 1.29 is 19.4 Å². The van der Waals surface area contributed by atoms with Gasteiger partial charge in [0.05, 0.1) is 10.0 Å².